The third-order valence-corrected chi connectivity index (χ3v) is 5.15. The zero-order valence-corrected chi connectivity index (χ0v) is 11.5. The van der Waals surface area contributed by atoms with Gasteiger partial charge in [0.05, 0.1) is 5.69 Å². The topological polar surface area (TPSA) is 12.0 Å². The summed E-state index contributed by atoms with van der Waals surface area (Å²) in [6, 6.07) is 15.1. The van der Waals surface area contributed by atoms with Gasteiger partial charge in [-0.3, -0.25) is 0 Å². The van der Waals surface area contributed by atoms with Crippen molar-refractivity contribution < 1.29 is 0 Å². The van der Waals surface area contributed by atoms with Crippen LogP contribution in [0.1, 0.15) is 0 Å². The van der Waals surface area contributed by atoms with Crippen LogP contribution in [-0.4, -0.2) is 12.5 Å². The van der Waals surface area contributed by atoms with Crippen molar-refractivity contribution in [2.75, 3.05) is 17.8 Å². The van der Waals surface area contributed by atoms with E-state index in [1.54, 1.807) is 0 Å². The first-order chi connectivity index (χ1) is 8.25. The molecule has 0 spiro atoms. The molecule has 2 aromatic rings. The van der Waals surface area contributed by atoms with Gasteiger partial charge in [0, 0.05) is 20.7 Å². The molecule has 1 aliphatic heterocycles. The molecule has 3 heteroatoms. The summed E-state index contributed by atoms with van der Waals surface area (Å²) in [5.41, 5.74) is 2.52. The zero-order valence-electron chi connectivity index (χ0n) is 9.86. The first-order valence-corrected chi connectivity index (χ1v) is 8.36. The first kappa shape index (κ1) is 11.1. The Morgan fingerprint density at radius 3 is 2.53 bits per heavy atom. The fraction of sp³-hybridized carbons (Fsp3) is 0.143. The Morgan fingerprint density at radius 1 is 0.941 bits per heavy atom. The number of benzene rings is 2. The minimum atomic E-state index is 0.279. The van der Waals surface area contributed by atoms with E-state index in [1.165, 1.54) is 26.1 Å². The van der Waals surface area contributed by atoms with Crippen molar-refractivity contribution in [2.45, 2.75) is 14.7 Å². The zero-order chi connectivity index (χ0) is 11.8. The quantitative estimate of drug-likeness (QED) is 0.660. The lowest BCUT2D eigenvalue weighted by Gasteiger charge is -2.21. The molecular formula is C14H14NS2+. The number of hydrogen-bond donors (Lipinski definition) is 1. The van der Waals surface area contributed by atoms with Gasteiger partial charge in [-0.2, -0.15) is 0 Å². The maximum atomic E-state index is 3.58. The highest BCUT2D eigenvalue weighted by atomic mass is 32.2. The van der Waals surface area contributed by atoms with Crippen LogP contribution in [-0.2, 0) is 10.9 Å². The monoisotopic (exact) mass is 260 g/mol. The molecule has 2 aromatic carbocycles. The second-order valence-corrected chi connectivity index (χ2v) is 7.33. The second-order valence-electron chi connectivity index (χ2n) is 4.17. The van der Waals surface area contributed by atoms with Crippen LogP contribution < -0.4 is 5.32 Å². The lowest BCUT2D eigenvalue weighted by Crippen LogP contribution is -2.06. The fourth-order valence-electron chi connectivity index (χ4n) is 1.97. The minimum absolute atomic E-state index is 0.279. The van der Waals surface area contributed by atoms with Crippen LogP contribution in [0.2, 0.25) is 0 Å². The number of nitrogens with one attached hydrogen (secondary N) is 1. The third kappa shape index (κ3) is 1.94. The van der Waals surface area contributed by atoms with Crippen LogP contribution in [0.25, 0.3) is 0 Å². The van der Waals surface area contributed by atoms with Crippen LogP contribution >= 0.6 is 11.8 Å². The van der Waals surface area contributed by atoms with E-state index in [9.17, 15) is 0 Å². The van der Waals surface area contributed by atoms with Gasteiger partial charge in [-0.15, -0.1) is 0 Å². The van der Waals surface area contributed by atoms with E-state index in [0.717, 1.165) is 0 Å². The van der Waals surface area contributed by atoms with Gasteiger partial charge in [0.25, 0.3) is 0 Å². The normalized spacial score (nSPS) is 12.9. The van der Waals surface area contributed by atoms with Crippen molar-refractivity contribution in [1.29, 1.82) is 0 Å². The predicted molar refractivity (Wildman–Crippen MR) is 77.8 cm³/mol. The van der Waals surface area contributed by atoms with E-state index in [4.69, 9.17) is 0 Å². The summed E-state index contributed by atoms with van der Waals surface area (Å²) in [7, 11) is 0.279. The summed E-state index contributed by atoms with van der Waals surface area (Å²) in [6.45, 7) is 0. The van der Waals surface area contributed by atoms with Gasteiger partial charge >= 0.3 is 0 Å². The van der Waals surface area contributed by atoms with Crippen LogP contribution in [0.5, 0.6) is 0 Å². The summed E-state index contributed by atoms with van der Waals surface area (Å²) < 4.78 is 0. The van der Waals surface area contributed by atoms with E-state index in [1.807, 2.05) is 11.8 Å². The van der Waals surface area contributed by atoms with Crippen molar-refractivity contribution in [2.24, 2.45) is 0 Å². The fourth-order valence-corrected chi connectivity index (χ4v) is 3.98. The maximum absolute atomic E-state index is 3.58. The smallest absolute Gasteiger partial charge is 0.178 e. The van der Waals surface area contributed by atoms with Crippen LogP contribution in [0.3, 0.4) is 0 Å². The highest BCUT2D eigenvalue weighted by Gasteiger charge is 2.23. The molecule has 0 atom stereocenters. The predicted octanol–water partition coefficient (Wildman–Crippen LogP) is 4.13. The molecule has 0 saturated heterocycles. The van der Waals surface area contributed by atoms with Gasteiger partial charge in [-0.25, -0.2) is 0 Å². The van der Waals surface area contributed by atoms with Crippen molar-refractivity contribution in [3.8, 4) is 0 Å². The van der Waals surface area contributed by atoms with E-state index >= 15 is 0 Å². The van der Waals surface area contributed by atoms with Crippen LogP contribution in [0.4, 0.5) is 11.4 Å². The van der Waals surface area contributed by atoms with Crippen LogP contribution in [0.15, 0.2) is 57.2 Å². The number of hydrogen-bond acceptors (Lipinski definition) is 2. The molecule has 0 aromatic heterocycles. The summed E-state index contributed by atoms with van der Waals surface area (Å²) >= 11 is 1.86. The maximum Gasteiger partial charge on any atom is 0.178 e. The SMILES string of the molecule is C[S+](C)c1cccc2c1Nc1ccccc1S2. The van der Waals surface area contributed by atoms with E-state index < -0.39 is 0 Å². The molecule has 0 saturated carbocycles. The Hall–Kier alpha value is -1.06. The molecule has 0 fully saturated rings. The van der Waals surface area contributed by atoms with Gasteiger partial charge < -0.3 is 5.32 Å². The standard InChI is InChI=1S/C14H14NS2/c1-17(2)13-9-5-8-12-14(13)15-10-6-3-4-7-11(10)16-12/h3-9,15H,1-2H3/q+1. The van der Waals surface area contributed by atoms with Crippen molar-refractivity contribution in [3.63, 3.8) is 0 Å². The number of anilines is 2. The van der Waals surface area contributed by atoms with Gasteiger partial charge in [0.1, 0.15) is 18.2 Å². The number of rotatable bonds is 1. The Bertz CT molecular complexity index is 564. The molecule has 3 rings (SSSR count). The molecule has 1 nitrogen and oxygen atoms in total. The molecule has 0 bridgehead atoms. The molecular weight excluding hydrogens is 246 g/mol. The second kappa shape index (κ2) is 4.31. The largest absolute Gasteiger partial charge is 0.350 e. The van der Waals surface area contributed by atoms with E-state index in [-0.39, 0.29) is 10.9 Å². The summed E-state index contributed by atoms with van der Waals surface area (Å²) in [5.74, 6) is 0. The molecule has 0 unspecified atom stereocenters. The molecule has 1 heterocycles. The lowest BCUT2D eigenvalue weighted by molar-refractivity contribution is 1.25. The average Bonchev–Trinajstić information content (AvgIpc) is 2.35. The van der Waals surface area contributed by atoms with Crippen molar-refractivity contribution in [1.82, 2.24) is 0 Å². The lowest BCUT2D eigenvalue weighted by atomic mass is 10.2. The Kier molecular flexibility index (Phi) is 2.81. The Morgan fingerprint density at radius 2 is 1.71 bits per heavy atom. The molecule has 86 valence electrons. The average molecular weight is 260 g/mol. The Balaban J connectivity index is 2.12. The van der Waals surface area contributed by atoms with E-state index in [2.05, 4.69) is 60.3 Å². The summed E-state index contributed by atoms with van der Waals surface area (Å²) in [4.78, 5) is 4.07. The highest BCUT2D eigenvalue weighted by molar-refractivity contribution is 8.00. The summed E-state index contributed by atoms with van der Waals surface area (Å²) in [6.07, 6.45) is 4.53. The molecule has 0 amide bonds. The van der Waals surface area contributed by atoms with Crippen molar-refractivity contribution >= 4 is 34.0 Å². The molecule has 17 heavy (non-hydrogen) atoms. The Labute approximate surface area is 109 Å². The van der Waals surface area contributed by atoms with Gasteiger partial charge in [0.2, 0.25) is 0 Å². The van der Waals surface area contributed by atoms with Crippen LogP contribution in [0, 0.1) is 0 Å². The number of fused-ring (bicyclic) bond motifs is 2. The molecule has 0 aliphatic carbocycles. The summed E-state index contributed by atoms with van der Waals surface area (Å²) in [5, 5.41) is 3.58. The van der Waals surface area contributed by atoms with E-state index in [0.29, 0.717) is 0 Å². The number of para-hydroxylation sites is 2. The molecule has 1 aliphatic rings. The van der Waals surface area contributed by atoms with Crippen molar-refractivity contribution in [3.05, 3.63) is 42.5 Å². The van der Waals surface area contributed by atoms with Gasteiger partial charge in [-0.05, 0) is 24.3 Å². The van der Waals surface area contributed by atoms with Gasteiger partial charge in [-0.1, -0.05) is 30.0 Å². The first-order valence-electron chi connectivity index (χ1n) is 5.50. The molecule has 0 radical (unpaired) electrons. The molecule has 1 N–H and O–H groups in total. The highest BCUT2D eigenvalue weighted by Crippen LogP contribution is 2.46. The minimum Gasteiger partial charge on any atom is -0.350 e. The third-order valence-electron chi connectivity index (χ3n) is 2.79. The van der Waals surface area contributed by atoms with Gasteiger partial charge in [0.15, 0.2) is 4.90 Å².